The van der Waals surface area contributed by atoms with Crippen LogP contribution in [0.15, 0.2) is 29.2 Å². The Morgan fingerprint density at radius 2 is 1.82 bits per heavy atom. The van der Waals surface area contributed by atoms with Gasteiger partial charge in [0.15, 0.2) is 0 Å². The highest BCUT2D eigenvalue weighted by atomic mass is 32.2. The molecular weight excluding hydrogens is 298 g/mol. The van der Waals surface area contributed by atoms with E-state index in [0.29, 0.717) is 6.54 Å². The number of likely N-dealkylation sites (N-methyl/N-ethyl adjacent to an activating group) is 1. The zero-order chi connectivity index (χ0) is 16.5. The van der Waals surface area contributed by atoms with Crippen molar-refractivity contribution >= 4 is 23.6 Å². The summed E-state index contributed by atoms with van der Waals surface area (Å²) >= 11 is 1.70. The van der Waals surface area contributed by atoms with Crippen molar-refractivity contribution in [2.45, 2.75) is 31.3 Å². The van der Waals surface area contributed by atoms with Crippen LogP contribution in [-0.4, -0.2) is 49.1 Å². The van der Waals surface area contributed by atoms with Crippen LogP contribution in [0.25, 0.3) is 0 Å². The third-order valence-electron chi connectivity index (χ3n) is 2.92. The Morgan fingerprint density at radius 1 is 1.18 bits per heavy atom. The fourth-order valence-corrected chi connectivity index (χ4v) is 2.36. The van der Waals surface area contributed by atoms with Gasteiger partial charge in [0.25, 0.3) is 0 Å². The van der Waals surface area contributed by atoms with Gasteiger partial charge in [-0.2, -0.15) is 0 Å². The zero-order valence-electron chi connectivity index (χ0n) is 13.7. The normalized spacial score (nSPS) is 10.8. The van der Waals surface area contributed by atoms with Gasteiger partial charge in [0.1, 0.15) is 0 Å². The van der Waals surface area contributed by atoms with Crippen LogP contribution < -0.4 is 10.6 Å². The van der Waals surface area contributed by atoms with E-state index in [4.69, 9.17) is 0 Å². The second-order valence-corrected chi connectivity index (χ2v) is 6.40. The van der Waals surface area contributed by atoms with E-state index >= 15 is 0 Å². The lowest BCUT2D eigenvalue weighted by molar-refractivity contribution is -0.126. The van der Waals surface area contributed by atoms with E-state index in [1.807, 2.05) is 32.1 Å². The van der Waals surface area contributed by atoms with Gasteiger partial charge in [-0.05, 0) is 44.8 Å². The van der Waals surface area contributed by atoms with Crippen molar-refractivity contribution in [2.75, 3.05) is 26.4 Å². The Hall–Kier alpha value is -1.53. The number of carbonyl (C=O) groups is 2. The average molecular weight is 323 g/mol. The lowest BCUT2D eigenvalue weighted by atomic mass is 10.2. The largest absolute Gasteiger partial charge is 0.352 e. The summed E-state index contributed by atoms with van der Waals surface area (Å²) in [6, 6.07) is 8.36. The molecule has 0 aliphatic heterocycles. The molecule has 0 bridgehead atoms. The summed E-state index contributed by atoms with van der Waals surface area (Å²) < 4.78 is 0. The van der Waals surface area contributed by atoms with Gasteiger partial charge in [-0.25, -0.2) is 0 Å². The van der Waals surface area contributed by atoms with Crippen molar-refractivity contribution in [1.29, 1.82) is 0 Å². The van der Waals surface area contributed by atoms with Crippen molar-refractivity contribution in [3.8, 4) is 0 Å². The highest BCUT2D eigenvalue weighted by molar-refractivity contribution is 7.98. The minimum absolute atomic E-state index is 0.0211. The van der Waals surface area contributed by atoms with Crippen LogP contribution in [0.5, 0.6) is 0 Å². The Morgan fingerprint density at radius 3 is 2.36 bits per heavy atom. The van der Waals surface area contributed by atoms with Gasteiger partial charge in [-0.15, -0.1) is 11.8 Å². The first-order valence-electron chi connectivity index (χ1n) is 7.28. The Kier molecular flexibility index (Phi) is 7.98. The number of hydrogen-bond acceptors (Lipinski definition) is 4. The number of thioether (sulfide) groups is 1. The quantitative estimate of drug-likeness (QED) is 0.712. The SMILES string of the molecule is CSc1ccc(CN(C)CC(=O)NCC(=O)NC(C)C)cc1. The lowest BCUT2D eigenvalue weighted by Crippen LogP contribution is -2.42. The van der Waals surface area contributed by atoms with Crippen LogP contribution in [0.3, 0.4) is 0 Å². The van der Waals surface area contributed by atoms with Crippen molar-refractivity contribution in [3.63, 3.8) is 0 Å². The molecule has 0 aliphatic carbocycles. The molecule has 1 aromatic rings. The smallest absolute Gasteiger partial charge is 0.239 e. The predicted octanol–water partition coefficient (Wildman–Crippen LogP) is 1.48. The van der Waals surface area contributed by atoms with Gasteiger partial charge in [-0.3, -0.25) is 14.5 Å². The van der Waals surface area contributed by atoms with E-state index in [9.17, 15) is 9.59 Å². The molecule has 0 spiro atoms. The van der Waals surface area contributed by atoms with Gasteiger partial charge in [0.2, 0.25) is 11.8 Å². The number of carbonyl (C=O) groups excluding carboxylic acids is 2. The van der Waals surface area contributed by atoms with E-state index in [-0.39, 0.29) is 30.9 Å². The maximum absolute atomic E-state index is 11.8. The number of rotatable bonds is 8. The summed E-state index contributed by atoms with van der Waals surface area (Å²) in [4.78, 5) is 26.4. The summed E-state index contributed by atoms with van der Waals surface area (Å²) in [6.45, 7) is 4.75. The van der Waals surface area contributed by atoms with E-state index in [0.717, 1.165) is 5.56 Å². The fourth-order valence-electron chi connectivity index (χ4n) is 1.95. The molecule has 0 saturated heterocycles. The summed E-state index contributed by atoms with van der Waals surface area (Å²) in [5.41, 5.74) is 1.16. The maximum Gasteiger partial charge on any atom is 0.239 e. The number of amides is 2. The Balaban J connectivity index is 2.32. The first-order chi connectivity index (χ1) is 10.4. The fraction of sp³-hybridized carbons (Fsp3) is 0.500. The zero-order valence-corrected chi connectivity index (χ0v) is 14.5. The molecule has 1 aromatic carbocycles. The molecule has 0 atom stereocenters. The summed E-state index contributed by atoms with van der Waals surface area (Å²) in [5.74, 6) is -0.319. The van der Waals surface area contributed by atoms with Crippen LogP contribution in [0, 0.1) is 0 Å². The molecule has 0 aliphatic rings. The minimum Gasteiger partial charge on any atom is -0.352 e. The second-order valence-electron chi connectivity index (χ2n) is 5.52. The molecule has 0 fully saturated rings. The summed E-state index contributed by atoms with van der Waals surface area (Å²) in [5, 5.41) is 5.36. The van der Waals surface area contributed by atoms with Gasteiger partial charge >= 0.3 is 0 Å². The molecular formula is C16H25N3O2S. The number of hydrogen-bond donors (Lipinski definition) is 2. The maximum atomic E-state index is 11.8. The van der Waals surface area contributed by atoms with Crippen LogP contribution in [0.2, 0.25) is 0 Å². The van der Waals surface area contributed by atoms with Gasteiger partial charge in [0.05, 0.1) is 13.1 Å². The minimum atomic E-state index is -0.168. The third-order valence-corrected chi connectivity index (χ3v) is 3.66. The van der Waals surface area contributed by atoms with Gasteiger partial charge in [0, 0.05) is 17.5 Å². The van der Waals surface area contributed by atoms with Crippen LogP contribution in [0.4, 0.5) is 0 Å². The molecule has 1 rings (SSSR count). The highest BCUT2D eigenvalue weighted by Crippen LogP contribution is 2.15. The average Bonchev–Trinajstić information content (AvgIpc) is 2.45. The monoisotopic (exact) mass is 323 g/mol. The molecule has 0 saturated carbocycles. The summed E-state index contributed by atoms with van der Waals surface area (Å²) in [7, 11) is 1.89. The van der Waals surface area contributed by atoms with Gasteiger partial charge < -0.3 is 10.6 Å². The van der Waals surface area contributed by atoms with E-state index < -0.39 is 0 Å². The number of benzene rings is 1. The van der Waals surface area contributed by atoms with Crippen molar-refractivity contribution in [1.82, 2.24) is 15.5 Å². The van der Waals surface area contributed by atoms with Crippen LogP contribution in [0.1, 0.15) is 19.4 Å². The molecule has 2 N–H and O–H groups in total. The van der Waals surface area contributed by atoms with Crippen molar-refractivity contribution in [2.24, 2.45) is 0 Å². The second kappa shape index (κ2) is 9.48. The van der Waals surface area contributed by atoms with Crippen LogP contribution in [-0.2, 0) is 16.1 Å². The Labute approximate surface area is 136 Å². The standard InChI is InChI=1S/C16H25N3O2S/c1-12(2)18-15(20)9-17-16(21)11-19(3)10-13-5-7-14(22-4)8-6-13/h5-8,12H,9-11H2,1-4H3,(H,17,21)(H,18,20). The molecule has 22 heavy (non-hydrogen) atoms. The van der Waals surface area contributed by atoms with Gasteiger partial charge in [-0.1, -0.05) is 12.1 Å². The molecule has 122 valence electrons. The first-order valence-corrected chi connectivity index (χ1v) is 8.50. The molecule has 6 heteroatoms. The highest BCUT2D eigenvalue weighted by Gasteiger charge is 2.09. The molecule has 2 amide bonds. The lowest BCUT2D eigenvalue weighted by Gasteiger charge is -2.16. The van der Waals surface area contributed by atoms with E-state index in [1.165, 1.54) is 4.90 Å². The summed E-state index contributed by atoms with van der Waals surface area (Å²) in [6.07, 6.45) is 2.04. The predicted molar refractivity (Wildman–Crippen MR) is 90.8 cm³/mol. The van der Waals surface area contributed by atoms with Crippen LogP contribution >= 0.6 is 11.8 Å². The molecule has 0 unspecified atom stereocenters. The molecule has 0 aromatic heterocycles. The molecule has 0 radical (unpaired) electrons. The topological polar surface area (TPSA) is 61.4 Å². The van der Waals surface area contributed by atoms with Crippen molar-refractivity contribution < 1.29 is 9.59 Å². The Bertz CT molecular complexity index is 489. The number of nitrogens with one attached hydrogen (secondary N) is 2. The van der Waals surface area contributed by atoms with E-state index in [1.54, 1.807) is 11.8 Å². The molecule has 0 heterocycles. The third kappa shape index (κ3) is 7.47. The first kappa shape index (κ1) is 18.5. The van der Waals surface area contributed by atoms with E-state index in [2.05, 4.69) is 34.9 Å². The van der Waals surface area contributed by atoms with Crippen molar-refractivity contribution in [3.05, 3.63) is 29.8 Å². The number of nitrogens with zero attached hydrogens (tertiary/aromatic N) is 1. The molecule has 5 nitrogen and oxygen atoms in total.